The molecule has 3 rings (SSSR count). The zero-order valence-electron chi connectivity index (χ0n) is 9.03. The second kappa shape index (κ2) is 3.55. The molecule has 0 unspecified atom stereocenters. The number of nitrogens with one attached hydrogen (secondary N) is 1. The molecule has 0 amide bonds. The average Bonchev–Trinajstić information content (AvgIpc) is 2.72. The van der Waals surface area contributed by atoms with E-state index in [1.165, 1.54) is 10.4 Å². The lowest BCUT2D eigenvalue weighted by Gasteiger charge is -2.41. The van der Waals surface area contributed by atoms with Gasteiger partial charge in [0.1, 0.15) is 9.84 Å². The molecule has 0 bridgehead atoms. The summed E-state index contributed by atoms with van der Waals surface area (Å²) in [6.07, 6.45) is 2.56. The van der Waals surface area contributed by atoms with Crippen molar-refractivity contribution in [1.82, 2.24) is 5.32 Å². The highest BCUT2D eigenvalue weighted by atomic mass is 32.2. The first-order valence-corrected chi connectivity index (χ1v) is 8.34. The van der Waals surface area contributed by atoms with Crippen molar-refractivity contribution in [1.29, 1.82) is 0 Å². The third-order valence-corrected chi connectivity index (χ3v) is 6.39. The minimum absolute atomic E-state index is 0.0428. The Balaban J connectivity index is 1.97. The van der Waals surface area contributed by atoms with Gasteiger partial charge in [0.2, 0.25) is 0 Å². The van der Waals surface area contributed by atoms with E-state index in [0.717, 1.165) is 25.8 Å². The van der Waals surface area contributed by atoms with Crippen molar-refractivity contribution >= 4 is 21.2 Å². The van der Waals surface area contributed by atoms with Crippen LogP contribution < -0.4 is 5.32 Å². The Kier molecular flexibility index (Phi) is 2.38. The van der Waals surface area contributed by atoms with E-state index < -0.39 is 9.84 Å². The van der Waals surface area contributed by atoms with Gasteiger partial charge in [0.25, 0.3) is 0 Å². The van der Waals surface area contributed by atoms with Crippen LogP contribution in [0.15, 0.2) is 11.4 Å². The Morgan fingerprint density at radius 3 is 2.81 bits per heavy atom. The molecule has 1 aromatic heterocycles. The highest BCUT2D eigenvalue weighted by molar-refractivity contribution is 7.91. The largest absolute Gasteiger partial charge is 0.307 e. The molecule has 0 saturated carbocycles. The molecule has 0 aliphatic carbocycles. The predicted molar refractivity (Wildman–Crippen MR) is 65.6 cm³/mol. The van der Waals surface area contributed by atoms with Crippen LogP contribution in [0.25, 0.3) is 0 Å². The number of hydrogen-bond donors (Lipinski definition) is 1. The van der Waals surface area contributed by atoms with Gasteiger partial charge in [-0.2, -0.15) is 0 Å². The molecule has 0 radical (unpaired) electrons. The molecule has 1 N–H and O–H groups in total. The molecule has 1 aromatic rings. The first kappa shape index (κ1) is 10.7. The standard InChI is InChI=1S/C11H15NO2S2/c13-16(14)7-3-11(4-8-16)9-2-6-15-10(9)1-5-12-11/h2,6,12H,1,3-5,7-8H2. The molecule has 0 atom stereocenters. The minimum atomic E-state index is -2.78. The van der Waals surface area contributed by atoms with Crippen LogP contribution in [-0.2, 0) is 21.8 Å². The summed E-state index contributed by atoms with van der Waals surface area (Å²) in [6, 6.07) is 2.17. The maximum Gasteiger partial charge on any atom is 0.150 e. The summed E-state index contributed by atoms with van der Waals surface area (Å²) in [7, 11) is -2.78. The molecule has 0 aromatic carbocycles. The van der Waals surface area contributed by atoms with Crippen LogP contribution in [0, 0.1) is 0 Å². The van der Waals surface area contributed by atoms with Crippen LogP contribution in [0.5, 0.6) is 0 Å². The molecule has 5 heteroatoms. The van der Waals surface area contributed by atoms with E-state index in [0.29, 0.717) is 11.5 Å². The zero-order chi connectivity index (χ0) is 11.2. The minimum Gasteiger partial charge on any atom is -0.307 e. The first-order chi connectivity index (χ1) is 7.61. The summed E-state index contributed by atoms with van der Waals surface area (Å²) in [5, 5.41) is 5.68. The van der Waals surface area contributed by atoms with Gasteiger partial charge in [0, 0.05) is 17.0 Å². The van der Waals surface area contributed by atoms with Gasteiger partial charge in [-0.15, -0.1) is 11.3 Å². The van der Waals surface area contributed by atoms with E-state index in [2.05, 4.69) is 16.8 Å². The molecule has 2 aliphatic heterocycles. The summed E-state index contributed by atoms with van der Waals surface area (Å²) in [4.78, 5) is 1.44. The molecule has 1 fully saturated rings. The normalized spacial score (nSPS) is 26.5. The highest BCUT2D eigenvalue weighted by Crippen LogP contribution is 2.40. The summed E-state index contributed by atoms with van der Waals surface area (Å²) >= 11 is 1.80. The van der Waals surface area contributed by atoms with Crippen molar-refractivity contribution in [3.05, 3.63) is 21.9 Å². The molecule has 1 saturated heterocycles. The summed E-state index contributed by atoms with van der Waals surface area (Å²) in [5.41, 5.74) is 1.32. The Hall–Kier alpha value is -0.390. The Labute approximate surface area is 99.8 Å². The van der Waals surface area contributed by atoms with Gasteiger partial charge in [0.15, 0.2) is 0 Å². The number of thiophene rings is 1. The fraction of sp³-hybridized carbons (Fsp3) is 0.636. The van der Waals surface area contributed by atoms with E-state index in [1.54, 1.807) is 11.3 Å². The summed E-state index contributed by atoms with van der Waals surface area (Å²) in [6.45, 7) is 0.980. The zero-order valence-corrected chi connectivity index (χ0v) is 10.7. The van der Waals surface area contributed by atoms with E-state index in [-0.39, 0.29) is 5.54 Å². The predicted octanol–water partition coefficient (Wildman–Crippen LogP) is 1.30. The quantitative estimate of drug-likeness (QED) is 0.762. The number of rotatable bonds is 0. The molecular formula is C11H15NO2S2. The van der Waals surface area contributed by atoms with Crippen molar-refractivity contribution in [3.63, 3.8) is 0 Å². The smallest absolute Gasteiger partial charge is 0.150 e. The molecular weight excluding hydrogens is 242 g/mol. The maximum absolute atomic E-state index is 11.5. The van der Waals surface area contributed by atoms with Gasteiger partial charge >= 0.3 is 0 Å². The number of fused-ring (bicyclic) bond motifs is 2. The highest BCUT2D eigenvalue weighted by Gasteiger charge is 2.41. The Morgan fingerprint density at radius 1 is 1.31 bits per heavy atom. The molecule has 88 valence electrons. The Bertz CT molecular complexity index is 490. The fourth-order valence-electron chi connectivity index (χ4n) is 2.80. The van der Waals surface area contributed by atoms with Crippen molar-refractivity contribution in [2.24, 2.45) is 0 Å². The lowest BCUT2D eigenvalue weighted by molar-refractivity contribution is 0.288. The van der Waals surface area contributed by atoms with Gasteiger partial charge < -0.3 is 5.32 Å². The van der Waals surface area contributed by atoms with E-state index in [9.17, 15) is 8.42 Å². The third kappa shape index (κ3) is 1.61. The molecule has 1 spiro atoms. The van der Waals surface area contributed by atoms with Gasteiger partial charge in [-0.1, -0.05) is 0 Å². The lowest BCUT2D eigenvalue weighted by atomic mass is 9.82. The number of hydrogen-bond acceptors (Lipinski definition) is 4. The van der Waals surface area contributed by atoms with Crippen molar-refractivity contribution < 1.29 is 8.42 Å². The summed E-state index contributed by atoms with van der Waals surface area (Å²) < 4.78 is 23.0. The van der Waals surface area contributed by atoms with E-state index >= 15 is 0 Å². The summed E-state index contributed by atoms with van der Waals surface area (Å²) in [5.74, 6) is 0.657. The van der Waals surface area contributed by atoms with Crippen molar-refractivity contribution in [3.8, 4) is 0 Å². The Morgan fingerprint density at radius 2 is 2.06 bits per heavy atom. The van der Waals surface area contributed by atoms with Crippen LogP contribution >= 0.6 is 11.3 Å². The molecule has 16 heavy (non-hydrogen) atoms. The van der Waals surface area contributed by atoms with Crippen LogP contribution in [0.3, 0.4) is 0 Å². The number of sulfone groups is 1. The SMILES string of the molecule is O=S1(=O)CCC2(CC1)NCCc1sccc12. The van der Waals surface area contributed by atoms with Crippen LogP contribution in [0.1, 0.15) is 23.3 Å². The van der Waals surface area contributed by atoms with E-state index in [4.69, 9.17) is 0 Å². The van der Waals surface area contributed by atoms with Gasteiger partial charge in [0.05, 0.1) is 11.5 Å². The average molecular weight is 257 g/mol. The second-order valence-corrected chi connectivity index (χ2v) is 7.97. The van der Waals surface area contributed by atoms with Crippen LogP contribution in [0.4, 0.5) is 0 Å². The van der Waals surface area contributed by atoms with Gasteiger partial charge in [-0.05, 0) is 36.3 Å². The molecule has 3 nitrogen and oxygen atoms in total. The third-order valence-electron chi connectivity index (χ3n) is 3.76. The van der Waals surface area contributed by atoms with Crippen molar-refractivity contribution in [2.45, 2.75) is 24.8 Å². The van der Waals surface area contributed by atoms with Crippen LogP contribution in [-0.4, -0.2) is 26.5 Å². The topological polar surface area (TPSA) is 46.2 Å². The lowest BCUT2D eigenvalue weighted by Crippen LogP contribution is -2.51. The van der Waals surface area contributed by atoms with Gasteiger partial charge in [-0.25, -0.2) is 8.42 Å². The first-order valence-electron chi connectivity index (χ1n) is 5.64. The van der Waals surface area contributed by atoms with Crippen molar-refractivity contribution in [2.75, 3.05) is 18.1 Å². The molecule has 2 aliphatic rings. The second-order valence-electron chi connectivity index (χ2n) is 4.67. The maximum atomic E-state index is 11.5. The van der Waals surface area contributed by atoms with E-state index in [1.807, 2.05) is 0 Å². The fourth-order valence-corrected chi connectivity index (χ4v) is 5.31. The van der Waals surface area contributed by atoms with Crippen LogP contribution in [0.2, 0.25) is 0 Å². The monoisotopic (exact) mass is 257 g/mol. The van der Waals surface area contributed by atoms with Gasteiger partial charge in [-0.3, -0.25) is 0 Å². The molecule has 3 heterocycles.